The Morgan fingerprint density at radius 2 is 2.22 bits per heavy atom. The number of aliphatic hydroxyl groups excluding tert-OH is 1. The van der Waals surface area contributed by atoms with Crippen molar-refractivity contribution in [2.75, 3.05) is 39.9 Å². The second kappa shape index (κ2) is 5.99. The number of β-amino-alcohol motifs (C(OH)–C–C–N with tert-alkyl or cyclic N) is 1. The Balaban J connectivity index is 2.07. The number of piperidine rings is 2. The lowest BCUT2D eigenvalue weighted by Crippen LogP contribution is -2.54. The van der Waals surface area contributed by atoms with Gasteiger partial charge < -0.3 is 20.1 Å². The van der Waals surface area contributed by atoms with E-state index in [-0.39, 0.29) is 17.4 Å². The zero-order valence-corrected chi connectivity index (χ0v) is 11.2. The van der Waals surface area contributed by atoms with Crippen LogP contribution in [0.2, 0.25) is 0 Å². The summed E-state index contributed by atoms with van der Waals surface area (Å²) in [6, 6.07) is 0. The molecule has 0 radical (unpaired) electrons. The Hall–Kier alpha value is -0.650. The van der Waals surface area contributed by atoms with E-state index in [2.05, 4.69) is 5.32 Å². The van der Waals surface area contributed by atoms with Crippen LogP contribution in [-0.4, -0.2) is 61.9 Å². The summed E-state index contributed by atoms with van der Waals surface area (Å²) in [5, 5.41) is 13.0. The minimum Gasteiger partial charge on any atom is -0.391 e. The van der Waals surface area contributed by atoms with E-state index in [1.807, 2.05) is 4.90 Å². The van der Waals surface area contributed by atoms with Gasteiger partial charge in [0.1, 0.15) is 0 Å². The Morgan fingerprint density at radius 3 is 2.83 bits per heavy atom. The molecule has 0 aromatic heterocycles. The van der Waals surface area contributed by atoms with Crippen molar-refractivity contribution in [3.8, 4) is 0 Å². The quantitative estimate of drug-likeness (QED) is 0.745. The molecule has 2 aliphatic rings. The molecule has 5 heteroatoms. The van der Waals surface area contributed by atoms with Gasteiger partial charge >= 0.3 is 0 Å². The number of likely N-dealkylation sites (tertiary alicyclic amines) is 1. The SMILES string of the molecule is COCC1(C(=O)N2CCCC(O)C2)CCNCC1. The molecular weight excluding hydrogens is 232 g/mol. The molecule has 104 valence electrons. The number of ether oxygens (including phenoxy) is 1. The molecule has 0 aliphatic carbocycles. The maximum atomic E-state index is 12.7. The summed E-state index contributed by atoms with van der Waals surface area (Å²) in [7, 11) is 1.65. The fraction of sp³-hybridized carbons (Fsp3) is 0.923. The van der Waals surface area contributed by atoms with Crippen molar-refractivity contribution in [2.45, 2.75) is 31.8 Å². The van der Waals surface area contributed by atoms with Crippen LogP contribution in [0.5, 0.6) is 0 Å². The van der Waals surface area contributed by atoms with Gasteiger partial charge in [-0.3, -0.25) is 4.79 Å². The fourth-order valence-corrected chi connectivity index (χ4v) is 3.08. The number of carbonyl (C=O) groups excluding carboxylic acids is 1. The second-order valence-corrected chi connectivity index (χ2v) is 5.51. The van der Waals surface area contributed by atoms with E-state index in [0.29, 0.717) is 13.2 Å². The van der Waals surface area contributed by atoms with Crippen LogP contribution in [0.4, 0.5) is 0 Å². The monoisotopic (exact) mass is 256 g/mol. The Bertz CT molecular complexity index is 284. The van der Waals surface area contributed by atoms with E-state index in [0.717, 1.165) is 45.3 Å². The minimum atomic E-state index is -0.378. The number of hydrogen-bond donors (Lipinski definition) is 2. The number of amides is 1. The van der Waals surface area contributed by atoms with Crippen molar-refractivity contribution < 1.29 is 14.6 Å². The van der Waals surface area contributed by atoms with Crippen LogP contribution in [0.1, 0.15) is 25.7 Å². The van der Waals surface area contributed by atoms with Crippen LogP contribution in [0.15, 0.2) is 0 Å². The van der Waals surface area contributed by atoms with Gasteiger partial charge in [-0.1, -0.05) is 0 Å². The normalized spacial score (nSPS) is 28.1. The molecule has 2 aliphatic heterocycles. The van der Waals surface area contributed by atoms with Crippen molar-refractivity contribution in [1.82, 2.24) is 10.2 Å². The van der Waals surface area contributed by atoms with Crippen LogP contribution in [0.3, 0.4) is 0 Å². The first-order chi connectivity index (χ1) is 8.68. The number of nitrogens with zero attached hydrogens (tertiary/aromatic N) is 1. The smallest absolute Gasteiger partial charge is 0.231 e. The molecule has 0 aromatic rings. The first-order valence-electron chi connectivity index (χ1n) is 6.85. The predicted octanol–water partition coefficient (Wildman–Crippen LogP) is -0.0141. The van der Waals surface area contributed by atoms with Gasteiger partial charge in [0.2, 0.25) is 5.91 Å². The maximum absolute atomic E-state index is 12.7. The summed E-state index contributed by atoms with van der Waals surface area (Å²) in [6.07, 6.45) is 3.00. The van der Waals surface area contributed by atoms with Gasteiger partial charge in [0, 0.05) is 20.2 Å². The molecule has 0 spiro atoms. The molecule has 0 aromatic carbocycles. The van der Waals surface area contributed by atoms with Crippen LogP contribution >= 0.6 is 0 Å². The number of carbonyl (C=O) groups is 1. The van der Waals surface area contributed by atoms with Crippen LogP contribution in [-0.2, 0) is 9.53 Å². The van der Waals surface area contributed by atoms with E-state index in [9.17, 15) is 9.90 Å². The number of methoxy groups -OCH3 is 1. The number of aliphatic hydroxyl groups is 1. The largest absolute Gasteiger partial charge is 0.391 e. The topological polar surface area (TPSA) is 61.8 Å². The molecule has 2 N–H and O–H groups in total. The van der Waals surface area contributed by atoms with Gasteiger partial charge in [0.25, 0.3) is 0 Å². The van der Waals surface area contributed by atoms with Gasteiger partial charge in [-0.2, -0.15) is 0 Å². The molecule has 2 fully saturated rings. The molecule has 1 atom stereocenters. The van der Waals surface area contributed by atoms with E-state index in [1.165, 1.54) is 0 Å². The molecule has 1 amide bonds. The van der Waals surface area contributed by atoms with Crippen LogP contribution < -0.4 is 5.32 Å². The van der Waals surface area contributed by atoms with E-state index in [4.69, 9.17) is 4.74 Å². The van der Waals surface area contributed by atoms with Crippen molar-refractivity contribution in [3.05, 3.63) is 0 Å². The number of rotatable bonds is 3. The third kappa shape index (κ3) is 2.84. The molecular formula is C13H24N2O3. The maximum Gasteiger partial charge on any atom is 0.231 e. The summed E-state index contributed by atoms with van der Waals surface area (Å²) >= 11 is 0. The lowest BCUT2D eigenvalue weighted by molar-refractivity contribution is -0.150. The van der Waals surface area contributed by atoms with Crippen LogP contribution in [0, 0.1) is 5.41 Å². The van der Waals surface area contributed by atoms with Gasteiger partial charge in [-0.15, -0.1) is 0 Å². The highest BCUT2D eigenvalue weighted by Gasteiger charge is 2.42. The van der Waals surface area contributed by atoms with Gasteiger partial charge in [0.05, 0.1) is 18.1 Å². The summed E-state index contributed by atoms with van der Waals surface area (Å²) < 4.78 is 5.29. The highest BCUT2D eigenvalue weighted by Crippen LogP contribution is 2.32. The van der Waals surface area contributed by atoms with E-state index >= 15 is 0 Å². The highest BCUT2D eigenvalue weighted by atomic mass is 16.5. The lowest BCUT2D eigenvalue weighted by Gasteiger charge is -2.41. The summed E-state index contributed by atoms with van der Waals surface area (Å²) in [5.41, 5.74) is -0.378. The van der Waals surface area contributed by atoms with E-state index in [1.54, 1.807) is 7.11 Å². The van der Waals surface area contributed by atoms with Crippen LogP contribution in [0.25, 0.3) is 0 Å². The first kappa shape index (κ1) is 13.8. The molecule has 0 bridgehead atoms. The molecule has 2 saturated heterocycles. The Kier molecular flexibility index (Phi) is 4.59. The van der Waals surface area contributed by atoms with Crippen molar-refractivity contribution >= 4 is 5.91 Å². The second-order valence-electron chi connectivity index (χ2n) is 5.51. The zero-order valence-electron chi connectivity index (χ0n) is 11.2. The summed E-state index contributed by atoms with van der Waals surface area (Å²) in [6.45, 7) is 3.48. The van der Waals surface area contributed by atoms with Crippen molar-refractivity contribution in [3.63, 3.8) is 0 Å². The number of nitrogens with one attached hydrogen (secondary N) is 1. The molecule has 5 nitrogen and oxygen atoms in total. The molecule has 1 unspecified atom stereocenters. The van der Waals surface area contributed by atoms with Gasteiger partial charge in [0.15, 0.2) is 0 Å². The van der Waals surface area contributed by atoms with Gasteiger partial charge in [-0.05, 0) is 38.8 Å². The first-order valence-corrected chi connectivity index (χ1v) is 6.85. The highest BCUT2D eigenvalue weighted by molar-refractivity contribution is 5.83. The Labute approximate surface area is 108 Å². The van der Waals surface area contributed by atoms with Crippen molar-refractivity contribution in [2.24, 2.45) is 5.41 Å². The lowest BCUT2D eigenvalue weighted by atomic mass is 9.78. The third-order valence-corrected chi connectivity index (χ3v) is 4.12. The molecule has 2 rings (SSSR count). The average molecular weight is 256 g/mol. The third-order valence-electron chi connectivity index (χ3n) is 4.12. The minimum absolute atomic E-state index is 0.171. The molecule has 2 heterocycles. The van der Waals surface area contributed by atoms with E-state index < -0.39 is 0 Å². The zero-order chi connectivity index (χ0) is 13.0. The fourth-order valence-electron chi connectivity index (χ4n) is 3.08. The number of hydrogen-bond acceptors (Lipinski definition) is 4. The standard InChI is InChI=1S/C13H24N2O3/c1-18-10-13(4-6-14-7-5-13)12(17)15-8-2-3-11(16)9-15/h11,14,16H,2-10H2,1H3. The average Bonchev–Trinajstić information content (AvgIpc) is 2.39. The van der Waals surface area contributed by atoms with Gasteiger partial charge in [-0.25, -0.2) is 0 Å². The predicted molar refractivity (Wildman–Crippen MR) is 68.2 cm³/mol. The molecule has 0 saturated carbocycles. The Morgan fingerprint density at radius 1 is 1.50 bits per heavy atom. The summed E-state index contributed by atoms with van der Waals surface area (Å²) in [5.74, 6) is 0.171. The van der Waals surface area contributed by atoms with Crippen molar-refractivity contribution in [1.29, 1.82) is 0 Å². The summed E-state index contributed by atoms with van der Waals surface area (Å²) in [4.78, 5) is 14.5. The molecule has 18 heavy (non-hydrogen) atoms.